The van der Waals surface area contributed by atoms with Crippen molar-refractivity contribution >= 4 is 26.2 Å². The second-order valence-corrected chi connectivity index (χ2v) is 6.11. The molecule has 0 spiro atoms. The molecule has 138 valence electrons. The van der Waals surface area contributed by atoms with Crippen molar-refractivity contribution in [1.82, 2.24) is 0 Å². The predicted molar refractivity (Wildman–Crippen MR) is 98.2 cm³/mol. The van der Waals surface area contributed by atoms with Gasteiger partial charge in [-0.3, -0.25) is 9.59 Å². The first-order valence-corrected chi connectivity index (χ1v) is 7.85. The van der Waals surface area contributed by atoms with E-state index in [1.54, 1.807) is 24.3 Å². The molecule has 0 heterocycles. The summed E-state index contributed by atoms with van der Waals surface area (Å²) >= 11 is 0. The fourth-order valence-corrected chi connectivity index (χ4v) is 1.92. The molecule has 6 heteroatoms. The topological polar surface area (TPSA) is 80.3 Å². The third kappa shape index (κ3) is 8.78. The molecule has 0 aliphatic heterocycles. The molecule has 0 unspecified atom stereocenters. The zero-order valence-electron chi connectivity index (χ0n) is 15.2. The van der Waals surface area contributed by atoms with Gasteiger partial charge in [-0.15, -0.1) is 0 Å². The predicted octanol–water partition coefficient (Wildman–Crippen LogP) is -0.889. The summed E-state index contributed by atoms with van der Waals surface area (Å²) in [5.74, 6) is -0.321. The van der Waals surface area contributed by atoms with E-state index in [9.17, 15) is 19.8 Å². The largest absolute Gasteiger partial charge is 3.00 e. The summed E-state index contributed by atoms with van der Waals surface area (Å²) in [6, 6.07) is 12.3. The van der Waals surface area contributed by atoms with Gasteiger partial charge in [0, 0.05) is 0 Å². The second-order valence-electron chi connectivity index (χ2n) is 6.11. The van der Waals surface area contributed by atoms with Crippen molar-refractivity contribution in [1.29, 1.82) is 0 Å². The Morgan fingerprint density at radius 1 is 0.692 bits per heavy atom. The van der Waals surface area contributed by atoms with Crippen LogP contribution in [0.4, 0.5) is 0 Å². The van der Waals surface area contributed by atoms with Crippen LogP contribution >= 0.6 is 0 Å². The maximum Gasteiger partial charge on any atom is 3.00 e. The van der Waals surface area contributed by atoms with Crippen LogP contribution in [0.3, 0.4) is 0 Å². The van der Waals surface area contributed by atoms with Gasteiger partial charge in [-0.2, -0.15) is 0 Å². The first kappa shape index (κ1) is 26.8. The number of hydrogen-bond acceptors (Lipinski definition) is 4. The van der Waals surface area contributed by atoms with Gasteiger partial charge in [-0.05, 0) is 35.1 Å². The summed E-state index contributed by atoms with van der Waals surface area (Å²) in [6.07, 6.45) is 0. The molecule has 0 aliphatic rings. The molecule has 4 nitrogen and oxygen atoms in total. The zero-order chi connectivity index (χ0) is 18.3. The average molecular weight is 571 g/mol. The van der Waals surface area contributed by atoms with Crippen LogP contribution in [0.25, 0.3) is 0 Å². The Labute approximate surface area is 179 Å². The molecule has 0 saturated heterocycles. The van der Waals surface area contributed by atoms with E-state index in [1.807, 2.05) is 27.7 Å². The van der Waals surface area contributed by atoms with Crippen LogP contribution in [-0.2, 0) is 0 Å². The molecule has 0 aromatic heterocycles. The summed E-state index contributed by atoms with van der Waals surface area (Å²) in [5.41, 5.74) is 0.955. The van der Waals surface area contributed by atoms with Crippen LogP contribution in [0.1, 0.15) is 50.7 Å². The van der Waals surface area contributed by atoms with Crippen LogP contribution < -0.4 is 33.5 Å². The molecule has 2 radical (unpaired) electrons. The van der Waals surface area contributed by atoms with Gasteiger partial charge in [0.15, 0.2) is 10.9 Å². The van der Waals surface area contributed by atoms with Crippen molar-refractivity contribution in [2.45, 2.75) is 39.5 Å². The molecule has 0 N–H and O–H groups in total. The van der Waals surface area contributed by atoms with E-state index in [-0.39, 0.29) is 50.4 Å². The van der Waals surface area contributed by atoms with Gasteiger partial charge in [-0.25, -0.2) is 0 Å². The van der Waals surface area contributed by atoms with Gasteiger partial charge >= 0.3 is 26.2 Å². The molecule has 26 heavy (non-hydrogen) atoms. The van der Waals surface area contributed by atoms with Crippen molar-refractivity contribution in [2.75, 3.05) is 0 Å². The van der Waals surface area contributed by atoms with E-state index in [2.05, 4.69) is 0 Å². The van der Waals surface area contributed by atoms with Gasteiger partial charge in [0.1, 0.15) is 0 Å². The van der Waals surface area contributed by atoms with Crippen LogP contribution in [0.5, 0.6) is 11.5 Å². The number of halogens is 1. The summed E-state index contributed by atoms with van der Waals surface area (Å²) in [4.78, 5) is 22.1. The SMILES string of the molecule is CC(C)c1cccc([O-])c(=O)c1.CC(C)c1cccc([O-])c(=O)c1.[Bi+3].[Cl-]. The summed E-state index contributed by atoms with van der Waals surface area (Å²) < 4.78 is 0. The molecule has 0 amide bonds. The molecule has 2 aromatic carbocycles. The Bertz CT molecular complexity index is 739. The van der Waals surface area contributed by atoms with Crippen LogP contribution in [0, 0.1) is 0 Å². The molecule has 0 saturated carbocycles. The van der Waals surface area contributed by atoms with Crippen molar-refractivity contribution in [3.05, 3.63) is 80.1 Å². The van der Waals surface area contributed by atoms with Crippen LogP contribution in [0.2, 0.25) is 0 Å². The molecule has 2 aromatic rings. The molecular weight excluding hydrogens is 549 g/mol. The minimum absolute atomic E-state index is 0. The third-order valence-corrected chi connectivity index (χ3v) is 3.49. The molecular formula is C20H22BiClO4. The van der Waals surface area contributed by atoms with Crippen molar-refractivity contribution < 1.29 is 22.6 Å². The van der Waals surface area contributed by atoms with Gasteiger partial charge in [0.2, 0.25) is 0 Å². The Morgan fingerprint density at radius 2 is 1.00 bits per heavy atom. The van der Waals surface area contributed by atoms with E-state index in [1.165, 1.54) is 24.3 Å². The fraction of sp³-hybridized carbons (Fsp3) is 0.300. The van der Waals surface area contributed by atoms with Crippen LogP contribution in [-0.4, -0.2) is 26.2 Å². The fourth-order valence-electron chi connectivity index (χ4n) is 1.92. The molecule has 0 aliphatic carbocycles. The molecule has 0 fully saturated rings. The smallest absolute Gasteiger partial charge is 1.00 e. The van der Waals surface area contributed by atoms with Crippen molar-refractivity contribution in [3.63, 3.8) is 0 Å². The summed E-state index contributed by atoms with van der Waals surface area (Å²) in [5, 5.41) is 21.8. The minimum atomic E-state index is -0.443. The standard InChI is InChI=1S/2C10H12O2.Bi.ClH/c2*1-7(2)8-4-3-5-9(11)10(12)6-8;;/h2*3-7H,1-2H3,(H,11,12);;1H/q;;+3;/p-3. The maximum atomic E-state index is 11.0. The maximum absolute atomic E-state index is 11.0. The number of hydrogen-bond donors (Lipinski definition) is 0. The van der Waals surface area contributed by atoms with Crippen LogP contribution in [0.15, 0.2) is 58.1 Å². The zero-order valence-corrected chi connectivity index (χ0v) is 19.5. The molecule has 0 atom stereocenters. The monoisotopic (exact) mass is 570 g/mol. The van der Waals surface area contributed by atoms with Crippen molar-refractivity contribution in [2.24, 2.45) is 0 Å². The Morgan fingerprint density at radius 3 is 1.27 bits per heavy atom. The van der Waals surface area contributed by atoms with E-state index >= 15 is 0 Å². The van der Waals surface area contributed by atoms with Crippen molar-refractivity contribution in [3.8, 4) is 11.5 Å². The Kier molecular flexibility index (Phi) is 13.2. The summed E-state index contributed by atoms with van der Waals surface area (Å²) in [7, 11) is 0. The quantitative estimate of drug-likeness (QED) is 0.439. The van der Waals surface area contributed by atoms with E-state index < -0.39 is 22.4 Å². The number of rotatable bonds is 2. The van der Waals surface area contributed by atoms with E-state index in [0.717, 1.165) is 11.1 Å². The van der Waals surface area contributed by atoms with E-state index in [4.69, 9.17) is 0 Å². The summed E-state index contributed by atoms with van der Waals surface area (Å²) in [6.45, 7) is 7.94. The van der Waals surface area contributed by atoms with Gasteiger partial charge < -0.3 is 22.6 Å². The van der Waals surface area contributed by atoms with E-state index in [0.29, 0.717) is 0 Å². The molecule has 0 bridgehead atoms. The normalized spacial score (nSPS) is 9.46. The average Bonchev–Trinajstić information content (AvgIpc) is 2.78. The van der Waals surface area contributed by atoms with Gasteiger partial charge in [0.25, 0.3) is 0 Å². The first-order chi connectivity index (χ1) is 11.2. The van der Waals surface area contributed by atoms with Gasteiger partial charge in [-0.1, -0.05) is 75.6 Å². The molecule has 2 rings (SSSR count). The Balaban J connectivity index is 0. The minimum Gasteiger partial charge on any atom is -1.00 e. The van der Waals surface area contributed by atoms with Gasteiger partial charge in [0.05, 0.1) is 0 Å². The second kappa shape index (κ2) is 12.8. The first-order valence-electron chi connectivity index (χ1n) is 7.85. The Hall–Kier alpha value is -1.45. The third-order valence-electron chi connectivity index (χ3n) is 3.49.